The van der Waals surface area contributed by atoms with Crippen molar-refractivity contribution in [3.05, 3.63) is 65.5 Å². The molecule has 3 heterocycles. The van der Waals surface area contributed by atoms with E-state index in [1.165, 1.54) is 5.56 Å². The van der Waals surface area contributed by atoms with Crippen LogP contribution in [0.25, 0.3) is 0 Å². The van der Waals surface area contributed by atoms with Crippen molar-refractivity contribution in [2.24, 2.45) is 4.99 Å². The maximum atomic E-state index is 5.13. The molecule has 0 fully saturated rings. The first-order chi connectivity index (χ1) is 14.7. The van der Waals surface area contributed by atoms with Crippen LogP contribution < -0.4 is 10.6 Å². The molecule has 1 aliphatic rings. The number of benzene rings is 1. The van der Waals surface area contributed by atoms with Crippen LogP contribution in [0.5, 0.6) is 0 Å². The summed E-state index contributed by atoms with van der Waals surface area (Å²) in [6.07, 6.45) is 5.83. The lowest BCUT2D eigenvalue weighted by Gasteiger charge is -2.25. The first-order valence-corrected chi connectivity index (χ1v) is 10.2. The van der Waals surface area contributed by atoms with Crippen molar-refractivity contribution in [2.75, 3.05) is 14.2 Å². The molecule has 0 bridgehead atoms. The van der Waals surface area contributed by atoms with E-state index in [2.05, 4.69) is 49.1 Å². The highest BCUT2D eigenvalue weighted by atomic mass is 16.5. The highest BCUT2D eigenvalue weighted by molar-refractivity contribution is 5.79. The first-order valence-electron chi connectivity index (χ1n) is 10.2. The van der Waals surface area contributed by atoms with E-state index < -0.39 is 0 Å². The summed E-state index contributed by atoms with van der Waals surface area (Å²) in [6.45, 7) is 2.63. The van der Waals surface area contributed by atoms with E-state index in [0.29, 0.717) is 13.2 Å². The maximum absolute atomic E-state index is 5.13. The Kier molecular flexibility index (Phi) is 6.38. The quantitative estimate of drug-likeness (QED) is 0.453. The SMILES string of the molecule is CN=C(NCc1cnn(Cc2ccccc2)c1)NC1CCc2nc(COC)nn2C1. The Bertz CT molecular complexity index is 978. The van der Waals surface area contributed by atoms with Gasteiger partial charge in [0.25, 0.3) is 0 Å². The molecule has 0 amide bonds. The highest BCUT2D eigenvalue weighted by Gasteiger charge is 2.22. The zero-order valence-corrected chi connectivity index (χ0v) is 17.5. The second-order valence-electron chi connectivity index (χ2n) is 7.40. The van der Waals surface area contributed by atoms with Gasteiger partial charge in [-0.25, -0.2) is 9.67 Å². The van der Waals surface area contributed by atoms with E-state index in [9.17, 15) is 0 Å². The normalized spacial score (nSPS) is 16.3. The first kappa shape index (κ1) is 20.1. The largest absolute Gasteiger partial charge is 0.377 e. The molecule has 4 rings (SSSR count). The molecular formula is C21H28N8O. The molecule has 30 heavy (non-hydrogen) atoms. The molecule has 2 aromatic heterocycles. The van der Waals surface area contributed by atoms with Gasteiger partial charge in [0.1, 0.15) is 12.4 Å². The van der Waals surface area contributed by atoms with E-state index in [1.807, 2.05) is 33.8 Å². The Morgan fingerprint density at radius 3 is 2.93 bits per heavy atom. The fourth-order valence-corrected chi connectivity index (χ4v) is 3.60. The van der Waals surface area contributed by atoms with Crippen LogP contribution in [-0.4, -0.2) is 50.7 Å². The molecule has 0 saturated heterocycles. The van der Waals surface area contributed by atoms with Gasteiger partial charge in [-0.1, -0.05) is 30.3 Å². The molecule has 3 aromatic rings. The molecular weight excluding hydrogens is 380 g/mol. The molecule has 9 heteroatoms. The van der Waals surface area contributed by atoms with Crippen LogP contribution in [0.15, 0.2) is 47.7 Å². The molecule has 9 nitrogen and oxygen atoms in total. The lowest BCUT2D eigenvalue weighted by atomic mass is 10.1. The van der Waals surface area contributed by atoms with Crippen molar-refractivity contribution in [3.8, 4) is 0 Å². The lowest BCUT2D eigenvalue weighted by molar-refractivity contribution is 0.177. The molecule has 0 saturated carbocycles. The Labute approximate surface area is 176 Å². The van der Waals surface area contributed by atoms with Crippen LogP contribution in [0.1, 0.15) is 29.2 Å². The molecule has 1 unspecified atom stereocenters. The van der Waals surface area contributed by atoms with Gasteiger partial charge in [0.05, 0.1) is 19.3 Å². The van der Waals surface area contributed by atoms with Crippen LogP contribution in [0.4, 0.5) is 0 Å². The van der Waals surface area contributed by atoms with Crippen molar-refractivity contribution in [1.82, 2.24) is 35.2 Å². The van der Waals surface area contributed by atoms with Gasteiger partial charge in [-0.2, -0.15) is 10.2 Å². The fraction of sp³-hybridized carbons (Fsp3) is 0.429. The minimum absolute atomic E-state index is 0.251. The van der Waals surface area contributed by atoms with Gasteiger partial charge in [-0.3, -0.25) is 9.67 Å². The maximum Gasteiger partial charge on any atom is 0.191 e. The minimum atomic E-state index is 0.251. The number of methoxy groups -OCH3 is 1. The molecule has 1 atom stereocenters. The second kappa shape index (κ2) is 9.53. The van der Waals surface area contributed by atoms with Crippen LogP contribution in [0, 0.1) is 0 Å². The molecule has 0 aliphatic carbocycles. The van der Waals surface area contributed by atoms with E-state index in [4.69, 9.17) is 4.74 Å². The van der Waals surface area contributed by atoms with Crippen LogP contribution in [0.2, 0.25) is 0 Å². The molecule has 1 aromatic carbocycles. The predicted molar refractivity (Wildman–Crippen MR) is 114 cm³/mol. The Hall–Kier alpha value is -3.20. The monoisotopic (exact) mass is 408 g/mol. The second-order valence-corrected chi connectivity index (χ2v) is 7.40. The third kappa shape index (κ3) is 5.04. The summed E-state index contributed by atoms with van der Waals surface area (Å²) in [6, 6.07) is 10.6. The predicted octanol–water partition coefficient (Wildman–Crippen LogP) is 1.35. The molecule has 0 radical (unpaired) electrons. The zero-order valence-electron chi connectivity index (χ0n) is 17.5. The molecule has 2 N–H and O–H groups in total. The number of ether oxygens (including phenoxy) is 1. The van der Waals surface area contributed by atoms with Crippen LogP contribution >= 0.6 is 0 Å². The van der Waals surface area contributed by atoms with Crippen molar-refractivity contribution in [3.63, 3.8) is 0 Å². The number of hydrogen-bond acceptors (Lipinski definition) is 5. The van der Waals surface area contributed by atoms with Gasteiger partial charge in [-0.05, 0) is 12.0 Å². The van der Waals surface area contributed by atoms with Gasteiger partial charge in [0.15, 0.2) is 11.8 Å². The molecule has 158 valence electrons. The van der Waals surface area contributed by atoms with Crippen molar-refractivity contribution >= 4 is 5.96 Å². The van der Waals surface area contributed by atoms with Gasteiger partial charge in [0, 0.05) is 44.9 Å². The molecule has 0 spiro atoms. The van der Waals surface area contributed by atoms with Gasteiger partial charge >= 0.3 is 0 Å². The number of hydrogen-bond donors (Lipinski definition) is 2. The smallest absolute Gasteiger partial charge is 0.191 e. The van der Waals surface area contributed by atoms with Crippen molar-refractivity contribution in [2.45, 2.75) is 45.1 Å². The van der Waals surface area contributed by atoms with Crippen molar-refractivity contribution < 1.29 is 4.74 Å². The Morgan fingerprint density at radius 1 is 1.27 bits per heavy atom. The number of rotatable bonds is 7. The Balaban J connectivity index is 1.28. The average Bonchev–Trinajstić information content (AvgIpc) is 3.38. The molecule has 1 aliphatic heterocycles. The highest BCUT2D eigenvalue weighted by Crippen LogP contribution is 2.13. The summed E-state index contributed by atoms with van der Waals surface area (Å²) in [5, 5.41) is 15.9. The van der Waals surface area contributed by atoms with E-state index in [0.717, 1.165) is 49.1 Å². The van der Waals surface area contributed by atoms with E-state index in [1.54, 1.807) is 14.2 Å². The number of aliphatic imine (C=N–C) groups is 1. The number of nitrogens with one attached hydrogen (secondary N) is 2. The number of nitrogens with zero attached hydrogens (tertiary/aromatic N) is 6. The average molecular weight is 409 g/mol. The van der Waals surface area contributed by atoms with Gasteiger partial charge in [-0.15, -0.1) is 0 Å². The number of aryl methyl sites for hydroxylation is 1. The number of guanidine groups is 1. The van der Waals surface area contributed by atoms with E-state index >= 15 is 0 Å². The van der Waals surface area contributed by atoms with Gasteiger partial charge < -0.3 is 15.4 Å². The van der Waals surface area contributed by atoms with Crippen LogP contribution in [-0.2, 0) is 37.4 Å². The fourth-order valence-electron chi connectivity index (χ4n) is 3.60. The number of fused-ring (bicyclic) bond motifs is 1. The summed E-state index contributed by atoms with van der Waals surface area (Å²) < 4.78 is 9.05. The standard InChI is InChI=1S/C21H28N8O/c1-22-21(25-18-8-9-20-26-19(15-30-2)27-29(20)14-18)23-10-17-11-24-28(13-17)12-16-6-4-3-5-7-16/h3-7,11,13,18H,8-10,12,14-15H2,1-2H3,(H2,22,23,25). The number of aromatic nitrogens is 5. The summed E-state index contributed by atoms with van der Waals surface area (Å²) >= 11 is 0. The topological polar surface area (TPSA) is 94.2 Å². The summed E-state index contributed by atoms with van der Waals surface area (Å²) in [5.74, 6) is 2.54. The van der Waals surface area contributed by atoms with E-state index in [-0.39, 0.29) is 6.04 Å². The summed E-state index contributed by atoms with van der Waals surface area (Å²) in [4.78, 5) is 8.89. The summed E-state index contributed by atoms with van der Waals surface area (Å²) in [7, 11) is 3.44. The van der Waals surface area contributed by atoms with Crippen LogP contribution in [0.3, 0.4) is 0 Å². The Morgan fingerprint density at radius 2 is 2.13 bits per heavy atom. The van der Waals surface area contributed by atoms with Gasteiger partial charge in [0.2, 0.25) is 0 Å². The zero-order chi connectivity index (χ0) is 20.8. The lowest BCUT2D eigenvalue weighted by Crippen LogP contribution is -2.46. The minimum Gasteiger partial charge on any atom is -0.377 e. The third-order valence-corrected chi connectivity index (χ3v) is 5.07. The van der Waals surface area contributed by atoms with Crippen molar-refractivity contribution in [1.29, 1.82) is 0 Å². The third-order valence-electron chi connectivity index (χ3n) is 5.07. The summed E-state index contributed by atoms with van der Waals surface area (Å²) in [5.41, 5.74) is 2.34.